The Bertz CT molecular complexity index is 633. The van der Waals surface area contributed by atoms with Gasteiger partial charge in [0.15, 0.2) is 11.6 Å². The van der Waals surface area contributed by atoms with E-state index in [1.54, 1.807) is 12.3 Å². The summed E-state index contributed by atoms with van der Waals surface area (Å²) in [6.07, 6.45) is 4.66. The molecule has 0 radical (unpaired) electrons. The molecule has 124 valence electrons. The Morgan fingerprint density at radius 1 is 1.17 bits per heavy atom. The average molecular weight is 317 g/mol. The number of ether oxygens (including phenoxy) is 1. The monoisotopic (exact) mass is 317 g/mol. The van der Waals surface area contributed by atoms with Crippen LogP contribution in [0.4, 0.5) is 4.39 Å². The van der Waals surface area contributed by atoms with Crippen LogP contribution in [0.15, 0.2) is 34.9 Å². The van der Waals surface area contributed by atoms with Gasteiger partial charge in [-0.25, -0.2) is 4.39 Å². The van der Waals surface area contributed by atoms with Crippen molar-refractivity contribution in [2.75, 3.05) is 19.7 Å². The Hall–Kier alpha value is -1.81. The van der Waals surface area contributed by atoms with Crippen molar-refractivity contribution in [3.63, 3.8) is 0 Å². The Labute approximate surface area is 137 Å². The lowest BCUT2D eigenvalue weighted by Gasteiger charge is -2.35. The third kappa shape index (κ3) is 3.27. The molecule has 2 heterocycles. The first-order chi connectivity index (χ1) is 11.2. The van der Waals surface area contributed by atoms with Crippen LogP contribution in [-0.2, 0) is 6.42 Å². The number of rotatable bonds is 6. The molecule has 1 aromatic carbocycles. The van der Waals surface area contributed by atoms with Crippen molar-refractivity contribution < 1.29 is 13.5 Å². The smallest absolute Gasteiger partial charge is 0.165 e. The predicted octanol–water partition coefficient (Wildman–Crippen LogP) is 4.51. The van der Waals surface area contributed by atoms with Crippen LogP contribution in [0.5, 0.6) is 5.75 Å². The van der Waals surface area contributed by atoms with Crippen LogP contribution in [0.1, 0.15) is 32.3 Å². The molecule has 0 spiro atoms. The van der Waals surface area contributed by atoms with E-state index in [0.29, 0.717) is 12.4 Å². The number of furan rings is 1. The molecule has 0 bridgehead atoms. The molecule has 0 fully saturated rings. The molecule has 0 saturated carbocycles. The van der Waals surface area contributed by atoms with Crippen LogP contribution >= 0.6 is 0 Å². The van der Waals surface area contributed by atoms with E-state index in [-0.39, 0.29) is 11.9 Å². The van der Waals surface area contributed by atoms with Gasteiger partial charge in [0.2, 0.25) is 0 Å². The highest BCUT2D eigenvalue weighted by atomic mass is 19.1. The summed E-state index contributed by atoms with van der Waals surface area (Å²) in [5.41, 5.74) is 1.86. The van der Waals surface area contributed by atoms with Crippen LogP contribution in [0.25, 0.3) is 11.3 Å². The Morgan fingerprint density at radius 2 is 1.96 bits per heavy atom. The topological polar surface area (TPSA) is 25.6 Å². The molecule has 1 aliphatic heterocycles. The van der Waals surface area contributed by atoms with E-state index in [4.69, 9.17) is 9.15 Å². The molecular formula is C19H24FNO2. The second kappa shape index (κ2) is 7.18. The molecule has 1 atom stereocenters. The van der Waals surface area contributed by atoms with Gasteiger partial charge in [-0.05, 0) is 56.6 Å². The molecule has 23 heavy (non-hydrogen) atoms. The normalized spacial score (nSPS) is 17.1. The van der Waals surface area contributed by atoms with Gasteiger partial charge in [-0.15, -0.1) is 0 Å². The number of fused-ring (bicyclic) bond motifs is 1. The van der Waals surface area contributed by atoms with Gasteiger partial charge in [0.25, 0.3) is 0 Å². The van der Waals surface area contributed by atoms with Gasteiger partial charge in [0.1, 0.15) is 12.4 Å². The summed E-state index contributed by atoms with van der Waals surface area (Å²) < 4.78 is 25.5. The van der Waals surface area contributed by atoms with Gasteiger partial charge in [-0.2, -0.15) is 0 Å². The molecular weight excluding hydrogens is 293 g/mol. The van der Waals surface area contributed by atoms with E-state index >= 15 is 0 Å². The zero-order chi connectivity index (χ0) is 16.2. The van der Waals surface area contributed by atoms with Gasteiger partial charge < -0.3 is 9.15 Å². The van der Waals surface area contributed by atoms with Crippen LogP contribution in [0.3, 0.4) is 0 Å². The summed E-state index contributed by atoms with van der Waals surface area (Å²) in [5.74, 6) is 0.873. The molecule has 1 aromatic heterocycles. The van der Waals surface area contributed by atoms with Crippen molar-refractivity contribution in [3.8, 4) is 17.1 Å². The third-order valence-corrected chi connectivity index (χ3v) is 4.40. The van der Waals surface area contributed by atoms with Crippen molar-refractivity contribution in [1.82, 2.24) is 4.90 Å². The highest BCUT2D eigenvalue weighted by molar-refractivity contribution is 5.66. The zero-order valence-corrected chi connectivity index (χ0v) is 13.8. The predicted molar refractivity (Wildman–Crippen MR) is 89.2 cm³/mol. The minimum Gasteiger partial charge on any atom is -0.489 e. The molecule has 0 saturated heterocycles. The van der Waals surface area contributed by atoms with Crippen molar-refractivity contribution >= 4 is 0 Å². The SMILES string of the molecule is CCCN(CCC)C1COc2c(F)ccc(-c3ccco3)c2C1. The summed E-state index contributed by atoms with van der Waals surface area (Å²) in [5, 5.41) is 0. The Morgan fingerprint density at radius 3 is 2.61 bits per heavy atom. The lowest BCUT2D eigenvalue weighted by atomic mass is 9.94. The Kier molecular flexibility index (Phi) is 5.01. The summed E-state index contributed by atoms with van der Waals surface area (Å²) in [7, 11) is 0. The van der Waals surface area contributed by atoms with E-state index in [0.717, 1.165) is 49.2 Å². The second-order valence-electron chi connectivity index (χ2n) is 6.08. The minimum atomic E-state index is -0.286. The zero-order valence-electron chi connectivity index (χ0n) is 13.8. The van der Waals surface area contributed by atoms with Crippen molar-refractivity contribution in [3.05, 3.63) is 41.9 Å². The van der Waals surface area contributed by atoms with Gasteiger partial charge in [0.05, 0.1) is 6.26 Å². The molecule has 3 nitrogen and oxygen atoms in total. The fourth-order valence-electron chi connectivity index (χ4n) is 3.38. The standard InChI is InChI=1S/C19H24FNO2/c1-3-9-21(10-4-2)14-12-16-15(18-6-5-11-22-18)7-8-17(20)19(16)23-13-14/h5-8,11,14H,3-4,9-10,12-13H2,1-2H3. The van der Waals surface area contributed by atoms with Crippen molar-refractivity contribution in [2.24, 2.45) is 0 Å². The first kappa shape index (κ1) is 16.1. The number of nitrogens with zero attached hydrogens (tertiary/aromatic N) is 1. The fourth-order valence-corrected chi connectivity index (χ4v) is 3.38. The Balaban J connectivity index is 1.93. The second-order valence-corrected chi connectivity index (χ2v) is 6.08. The first-order valence-electron chi connectivity index (χ1n) is 8.46. The fraction of sp³-hybridized carbons (Fsp3) is 0.474. The first-order valence-corrected chi connectivity index (χ1v) is 8.46. The van der Waals surface area contributed by atoms with Crippen molar-refractivity contribution in [2.45, 2.75) is 39.2 Å². The number of halogens is 1. The van der Waals surface area contributed by atoms with Crippen LogP contribution < -0.4 is 4.74 Å². The number of hydrogen-bond donors (Lipinski definition) is 0. The largest absolute Gasteiger partial charge is 0.489 e. The van der Waals surface area contributed by atoms with Crippen LogP contribution in [0, 0.1) is 5.82 Å². The maximum atomic E-state index is 14.1. The highest BCUT2D eigenvalue weighted by Crippen LogP contribution is 2.37. The molecule has 0 aliphatic carbocycles. The number of hydrogen-bond acceptors (Lipinski definition) is 3. The van der Waals surface area contributed by atoms with E-state index < -0.39 is 0 Å². The molecule has 3 rings (SSSR count). The average Bonchev–Trinajstić information content (AvgIpc) is 3.09. The summed E-state index contributed by atoms with van der Waals surface area (Å²) >= 11 is 0. The summed E-state index contributed by atoms with van der Waals surface area (Å²) in [6.45, 7) is 7.01. The highest BCUT2D eigenvalue weighted by Gasteiger charge is 2.29. The molecule has 1 aliphatic rings. The lowest BCUT2D eigenvalue weighted by molar-refractivity contribution is 0.116. The quantitative estimate of drug-likeness (QED) is 0.784. The number of benzene rings is 1. The van der Waals surface area contributed by atoms with E-state index in [9.17, 15) is 4.39 Å². The maximum absolute atomic E-state index is 14.1. The van der Waals surface area contributed by atoms with E-state index in [1.165, 1.54) is 6.07 Å². The molecule has 0 amide bonds. The molecule has 2 aromatic rings. The molecule has 4 heteroatoms. The van der Waals surface area contributed by atoms with E-state index in [2.05, 4.69) is 18.7 Å². The van der Waals surface area contributed by atoms with Gasteiger partial charge in [0, 0.05) is 17.2 Å². The lowest BCUT2D eigenvalue weighted by Crippen LogP contribution is -2.44. The van der Waals surface area contributed by atoms with Gasteiger partial charge >= 0.3 is 0 Å². The maximum Gasteiger partial charge on any atom is 0.165 e. The molecule has 1 unspecified atom stereocenters. The minimum absolute atomic E-state index is 0.286. The van der Waals surface area contributed by atoms with Crippen LogP contribution in [0.2, 0.25) is 0 Å². The van der Waals surface area contributed by atoms with Crippen molar-refractivity contribution in [1.29, 1.82) is 0 Å². The van der Waals surface area contributed by atoms with Gasteiger partial charge in [-0.3, -0.25) is 4.90 Å². The van der Waals surface area contributed by atoms with Crippen LogP contribution in [-0.4, -0.2) is 30.6 Å². The third-order valence-electron chi connectivity index (χ3n) is 4.40. The summed E-state index contributed by atoms with van der Waals surface area (Å²) in [4.78, 5) is 2.46. The molecule has 0 N–H and O–H groups in total. The van der Waals surface area contributed by atoms with Gasteiger partial charge in [-0.1, -0.05) is 13.8 Å². The van der Waals surface area contributed by atoms with E-state index in [1.807, 2.05) is 12.1 Å². The summed E-state index contributed by atoms with van der Waals surface area (Å²) in [6, 6.07) is 7.31.